The maximum Gasteiger partial charge on any atom is 0.227 e. The second-order valence-corrected chi connectivity index (χ2v) is 6.68. The molecule has 0 saturated heterocycles. The van der Waals surface area contributed by atoms with Crippen LogP contribution in [0.2, 0.25) is 0 Å². The van der Waals surface area contributed by atoms with Crippen molar-refractivity contribution in [2.75, 3.05) is 24.4 Å². The van der Waals surface area contributed by atoms with E-state index in [2.05, 4.69) is 20.0 Å². The molecule has 2 aromatic rings. The van der Waals surface area contributed by atoms with Crippen LogP contribution < -0.4 is 10.6 Å². The van der Waals surface area contributed by atoms with E-state index < -0.39 is 0 Å². The summed E-state index contributed by atoms with van der Waals surface area (Å²) in [6.07, 6.45) is 3.90. The predicted molar refractivity (Wildman–Crippen MR) is 95.2 cm³/mol. The van der Waals surface area contributed by atoms with Gasteiger partial charge in [-0.15, -0.1) is 0 Å². The monoisotopic (exact) mass is 346 g/mol. The topological polar surface area (TPSA) is 76.1 Å². The molecule has 1 aromatic carbocycles. The number of carbonyl (C=O) groups is 1. The lowest BCUT2D eigenvalue weighted by Crippen LogP contribution is -2.28. The molecule has 1 amide bonds. The number of aromatic nitrogens is 2. The molecule has 3 rings (SSSR count). The molecule has 0 spiro atoms. The van der Waals surface area contributed by atoms with Crippen LogP contribution in [0.4, 0.5) is 10.8 Å². The maximum absolute atomic E-state index is 12.0. The van der Waals surface area contributed by atoms with Crippen LogP contribution in [0.5, 0.6) is 0 Å². The molecule has 0 atom stereocenters. The van der Waals surface area contributed by atoms with Crippen molar-refractivity contribution < 1.29 is 9.53 Å². The van der Waals surface area contributed by atoms with Crippen LogP contribution in [0.15, 0.2) is 24.3 Å². The van der Waals surface area contributed by atoms with Gasteiger partial charge in [-0.25, -0.2) is 4.98 Å². The van der Waals surface area contributed by atoms with E-state index in [1.807, 2.05) is 24.3 Å². The van der Waals surface area contributed by atoms with Gasteiger partial charge in [0.2, 0.25) is 11.0 Å². The number of ether oxygens (including phenoxy) is 1. The van der Waals surface area contributed by atoms with E-state index in [0.717, 1.165) is 47.9 Å². The van der Waals surface area contributed by atoms with Crippen LogP contribution in [0.25, 0.3) is 0 Å². The molecule has 0 radical (unpaired) electrons. The highest BCUT2D eigenvalue weighted by Gasteiger charge is 2.25. The van der Waals surface area contributed by atoms with Gasteiger partial charge in [-0.2, -0.15) is 4.37 Å². The van der Waals surface area contributed by atoms with Crippen LogP contribution in [-0.2, 0) is 22.5 Å². The smallest absolute Gasteiger partial charge is 0.227 e. The average molecular weight is 346 g/mol. The molecule has 6 nitrogen and oxygen atoms in total. The summed E-state index contributed by atoms with van der Waals surface area (Å²) in [6, 6.07) is 7.90. The lowest BCUT2D eigenvalue weighted by molar-refractivity contribution is -0.122. The van der Waals surface area contributed by atoms with E-state index in [4.69, 9.17) is 4.74 Å². The zero-order chi connectivity index (χ0) is 16.8. The van der Waals surface area contributed by atoms with Gasteiger partial charge in [0.15, 0.2) is 0 Å². The number of methoxy groups -OCH3 is 1. The Morgan fingerprint density at radius 1 is 1.42 bits per heavy atom. The van der Waals surface area contributed by atoms with Crippen LogP contribution in [-0.4, -0.2) is 29.0 Å². The van der Waals surface area contributed by atoms with Crippen LogP contribution in [0.1, 0.15) is 30.7 Å². The van der Waals surface area contributed by atoms with E-state index in [-0.39, 0.29) is 11.8 Å². The highest BCUT2D eigenvalue weighted by Crippen LogP contribution is 2.27. The second kappa shape index (κ2) is 8.21. The Morgan fingerprint density at radius 3 is 3.04 bits per heavy atom. The Hall–Kier alpha value is -1.99. The maximum atomic E-state index is 12.0. The highest BCUT2D eigenvalue weighted by molar-refractivity contribution is 7.09. The molecule has 24 heavy (non-hydrogen) atoms. The standard InChI is InChI=1S/C17H22N4O2S/c1-23-9-8-15-20-17(24-21-15)18-11-12-4-2-7-14(10-12)19-16(22)13-5-3-6-13/h2,4,7,10,13H,3,5-6,8-9,11H2,1H3,(H,19,22)(H,18,20,21). The minimum atomic E-state index is 0.137. The number of hydrogen-bond acceptors (Lipinski definition) is 6. The highest BCUT2D eigenvalue weighted by atomic mass is 32.1. The molecule has 7 heteroatoms. The fourth-order valence-electron chi connectivity index (χ4n) is 2.47. The van der Waals surface area contributed by atoms with E-state index in [1.165, 1.54) is 11.5 Å². The van der Waals surface area contributed by atoms with Crippen molar-refractivity contribution in [1.82, 2.24) is 9.36 Å². The molecule has 1 aliphatic rings. The summed E-state index contributed by atoms with van der Waals surface area (Å²) in [7, 11) is 1.67. The fraction of sp³-hybridized carbons (Fsp3) is 0.471. The normalized spacial score (nSPS) is 14.2. The van der Waals surface area contributed by atoms with Crippen molar-refractivity contribution in [3.05, 3.63) is 35.7 Å². The third-order valence-corrected chi connectivity index (χ3v) is 4.82. The third-order valence-electron chi connectivity index (χ3n) is 4.11. The fourth-order valence-corrected chi connectivity index (χ4v) is 3.08. The minimum Gasteiger partial charge on any atom is -0.384 e. The van der Waals surface area contributed by atoms with Crippen LogP contribution in [0, 0.1) is 5.92 Å². The van der Waals surface area contributed by atoms with E-state index in [9.17, 15) is 4.79 Å². The summed E-state index contributed by atoms with van der Waals surface area (Å²) < 4.78 is 9.32. The molecule has 0 bridgehead atoms. The Balaban J connectivity index is 1.52. The Labute approximate surface area is 145 Å². The van der Waals surface area contributed by atoms with Gasteiger partial charge in [0.25, 0.3) is 0 Å². The van der Waals surface area contributed by atoms with Crippen molar-refractivity contribution in [2.45, 2.75) is 32.2 Å². The molecule has 1 heterocycles. The van der Waals surface area contributed by atoms with Gasteiger partial charge in [0.05, 0.1) is 6.61 Å². The van der Waals surface area contributed by atoms with E-state index >= 15 is 0 Å². The third kappa shape index (κ3) is 4.52. The molecule has 1 aliphatic carbocycles. The van der Waals surface area contributed by atoms with Crippen molar-refractivity contribution in [3.8, 4) is 0 Å². The van der Waals surface area contributed by atoms with Gasteiger partial charge in [-0.3, -0.25) is 4.79 Å². The van der Waals surface area contributed by atoms with Crippen molar-refractivity contribution in [2.24, 2.45) is 5.92 Å². The first kappa shape index (κ1) is 16.9. The zero-order valence-electron chi connectivity index (χ0n) is 13.7. The predicted octanol–water partition coefficient (Wildman–Crippen LogP) is 3.08. The van der Waals surface area contributed by atoms with Gasteiger partial charge < -0.3 is 15.4 Å². The number of rotatable bonds is 8. The van der Waals surface area contributed by atoms with Crippen molar-refractivity contribution in [3.63, 3.8) is 0 Å². The summed E-state index contributed by atoms with van der Waals surface area (Å²) in [6.45, 7) is 1.27. The molecule has 0 unspecified atom stereocenters. The number of nitrogens with zero attached hydrogens (tertiary/aromatic N) is 2. The van der Waals surface area contributed by atoms with E-state index in [0.29, 0.717) is 13.2 Å². The lowest BCUT2D eigenvalue weighted by Gasteiger charge is -2.24. The molecule has 2 N–H and O–H groups in total. The number of hydrogen-bond donors (Lipinski definition) is 2. The first-order valence-corrected chi connectivity index (χ1v) is 8.97. The average Bonchev–Trinajstić information content (AvgIpc) is 2.97. The van der Waals surface area contributed by atoms with Crippen LogP contribution in [0.3, 0.4) is 0 Å². The first-order chi connectivity index (χ1) is 11.7. The molecule has 1 saturated carbocycles. The number of benzene rings is 1. The first-order valence-electron chi connectivity index (χ1n) is 8.20. The minimum absolute atomic E-state index is 0.137. The van der Waals surface area contributed by atoms with Gasteiger partial charge >= 0.3 is 0 Å². The number of carbonyl (C=O) groups excluding carboxylic acids is 1. The second-order valence-electron chi connectivity index (χ2n) is 5.93. The van der Waals surface area contributed by atoms with Gasteiger partial charge in [-0.05, 0) is 30.5 Å². The molecular weight excluding hydrogens is 324 g/mol. The van der Waals surface area contributed by atoms with Gasteiger partial charge in [0, 0.05) is 43.2 Å². The Bertz CT molecular complexity index is 685. The summed E-state index contributed by atoms with van der Waals surface area (Å²) in [4.78, 5) is 16.4. The van der Waals surface area contributed by atoms with E-state index in [1.54, 1.807) is 7.11 Å². The summed E-state index contributed by atoms with van der Waals surface area (Å²) in [5.41, 5.74) is 1.94. The summed E-state index contributed by atoms with van der Waals surface area (Å²) in [5.74, 6) is 1.13. The van der Waals surface area contributed by atoms with Crippen molar-refractivity contribution >= 4 is 28.3 Å². The lowest BCUT2D eigenvalue weighted by atomic mass is 9.85. The largest absolute Gasteiger partial charge is 0.384 e. The zero-order valence-corrected chi connectivity index (χ0v) is 14.6. The molecule has 1 aromatic heterocycles. The summed E-state index contributed by atoms with van der Waals surface area (Å²) in [5, 5.41) is 7.07. The van der Waals surface area contributed by atoms with Crippen LogP contribution >= 0.6 is 11.5 Å². The van der Waals surface area contributed by atoms with Gasteiger partial charge in [-0.1, -0.05) is 18.6 Å². The number of anilines is 2. The molecule has 1 fully saturated rings. The summed E-state index contributed by atoms with van der Waals surface area (Å²) >= 11 is 1.35. The quantitative estimate of drug-likeness (QED) is 0.768. The molecule has 0 aliphatic heterocycles. The SMILES string of the molecule is COCCc1nsc(NCc2cccc(NC(=O)C3CCC3)c2)n1. The number of nitrogens with one attached hydrogen (secondary N) is 2. The number of amides is 1. The molecular formula is C17H22N4O2S. The van der Waals surface area contributed by atoms with Crippen molar-refractivity contribution in [1.29, 1.82) is 0 Å². The molecule has 128 valence electrons. The van der Waals surface area contributed by atoms with Gasteiger partial charge in [0.1, 0.15) is 5.82 Å². The Kier molecular flexibility index (Phi) is 5.77. The Morgan fingerprint density at radius 2 is 2.29 bits per heavy atom.